The van der Waals surface area contributed by atoms with Gasteiger partial charge in [0, 0.05) is 19.5 Å². The predicted octanol–water partition coefficient (Wildman–Crippen LogP) is 1.98. The van der Waals surface area contributed by atoms with Crippen molar-refractivity contribution in [1.82, 2.24) is 9.80 Å². The molecule has 0 unspecified atom stereocenters. The minimum absolute atomic E-state index is 0.345. The Labute approximate surface area is 99.8 Å². The number of carbonyl (C=O) groups is 1. The number of rotatable bonds is 4. The van der Waals surface area contributed by atoms with Crippen molar-refractivity contribution in [1.29, 1.82) is 0 Å². The lowest BCUT2D eigenvalue weighted by molar-refractivity contribution is -0.133. The number of nitrogens with zero attached hydrogens (tertiary/aromatic N) is 2. The molecule has 3 nitrogen and oxygen atoms in total. The van der Waals surface area contributed by atoms with E-state index in [0.717, 1.165) is 38.9 Å². The van der Waals surface area contributed by atoms with Crippen LogP contribution in [0.4, 0.5) is 0 Å². The summed E-state index contributed by atoms with van der Waals surface area (Å²) in [4.78, 5) is 16.1. The van der Waals surface area contributed by atoms with E-state index >= 15 is 0 Å². The molecule has 0 N–H and O–H groups in total. The van der Waals surface area contributed by atoms with E-state index in [1.54, 1.807) is 0 Å². The van der Waals surface area contributed by atoms with E-state index in [1.807, 2.05) is 19.0 Å². The summed E-state index contributed by atoms with van der Waals surface area (Å²) in [6.45, 7) is 7.49. The van der Waals surface area contributed by atoms with Crippen molar-refractivity contribution in [2.45, 2.75) is 39.5 Å². The topological polar surface area (TPSA) is 23.6 Å². The second-order valence-electron chi connectivity index (χ2n) is 5.95. The molecule has 1 fully saturated rings. The first-order chi connectivity index (χ1) is 7.41. The molecular weight excluding hydrogens is 200 g/mol. The first-order valence-corrected chi connectivity index (χ1v) is 6.33. The average Bonchev–Trinajstić information content (AvgIpc) is 2.16. The Balaban J connectivity index is 2.23. The highest BCUT2D eigenvalue weighted by molar-refractivity contribution is 5.76. The Kier molecular flexibility index (Phi) is 4.78. The predicted molar refractivity (Wildman–Crippen MR) is 67.4 cm³/mol. The van der Waals surface area contributed by atoms with E-state index in [-0.39, 0.29) is 0 Å². The number of hydrogen-bond donors (Lipinski definition) is 0. The minimum Gasteiger partial charge on any atom is -0.343 e. The monoisotopic (exact) mass is 226 g/mol. The number of piperidine rings is 1. The van der Waals surface area contributed by atoms with Crippen molar-refractivity contribution in [2.24, 2.45) is 5.41 Å². The summed E-state index contributed by atoms with van der Waals surface area (Å²) in [6.07, 6.45) is 3.98. The van der Waals surface area contributed by atoms with Gasteiger partial charge in [-0.15, -0.1) is 0 Å². The van der Waals surface area contributed by atoms with Crippen LogP contribution in [0.15, 0.2) is 0 Å². The molecule has 0 spiro atoms. The molecule has 0 bridgehead atoms. The van der Waals surface area contributed by atoms with Crippen molar-refractivity contribution in [2.75, 3.05) is 33.7 Å². The Morgan fingerprint density at radius 3 is 2.31 bits per heavy atom. The molecule has 0 radical (unpaired) electrons. The molecule has 94 valence electrons. The van der Waals surface area contributed by atoms with Crippen molar-refractivity contribution in [3.05, 3.63) is 0 Å². The zero-order chi connectivity index (χ0) is 12.2. The quantitative estimate of drug-likeness (QED) is 0.732. The van der Waals surface area contributed by atoms with Gasteiger partial charge in [0.2, 0.25) is 5.91 Å². The van der Waals surface area contributed by atoms with Gasteiger partial charge in [-0.05, 0) is 45.3 Å². The zero-order valence-corrected chi connectivity index (χ0v) is 11.3. The fourth-order valence-electron chi connectivity index (χ4n) is 2.07. The number of hydrogen-bond acceptors (Lipinski definition) is 2. The third kappa shape index (κ3) is 4.52. The van der Waals surface area contributed by atoms with Crippen LogP contribution in [0.25, 0.3) is 0 Å². The molecule has 0 aromatic carbocycles. The molecule has 0 aliphatic carbocycles. The van der Waals surface area contributed by atoms with E-state index in [2.05, 4.69) is 18.7 Å². The molecule has 1 heterocycles. The van der Waals surface area contributed by atoms with Crippen LogP contribution in [-0.2, 0) is 4.79 Å². The first-order valence-electron chi connectivity index (χ1n) is 6.33. The van der Waals surface area contributed by atoms with Crippen LogP contribution in [0, 0.1) is 5.41 Å². The maximum absolute atomic E-state index is 11.9. The van der Waals surface area contributed by atoms with E-state index < -0.39 is 0 Å². The standard InChI is InChI=1S/C13H26N2O/c1-13(2)7-10-15(11-8-13)12(16)6-5-9-14(3)4/h5-11H2,1-4H3. The van der Waals surface area contributed by atoms with Gasteiger partial charge in [-0.25, -0.2) is 0 Å². The van der Waals surface area contributed by atoms with Gasteiger partial charge in [-0.1, -0.05) is 13.8 Å². The van der Waals surface area contributed by atoms with Crippen LogP contribution in [0.5, 0.6) is 0 Å². The largest absolute Gasteiger partial charge is 0.343 e. The molecule has 16 heavy (non-hydrogen) atoms. The minimum atomic E-state index is 0.345. The van der Waals surface area contributed by atoms with Gasteiger partial charge in [-0.3, -0.25) is 4.79 Å². The Morgan fingerprint density at radius 1 is 1.25 bits per heavy atom. The fraction of sp³-hybridized carbons (Fsp3) is 0.923. The summed E-state index contributed by atoms with van der Waals surface area (Å²) in [5, 5.41) is 0. The molecule has 0 atom stereocenters. The number of amides is 1. The normalized spacial score (nSPS) is 20.2. The number of likely N-dealkylation sites (tertiary alicyclic amines) is 1. The van der Waals surface area contributed by atoms with Crippen molar-refractivity contribution in [3.63, 3.8) is 0 Å². The summed E-state index contributed by atoms with van der Waals surface area (Å²) >= 11 is 0. The van der Waals surface area contributed by atoms with Gasteiger partial charge in [0.05, 0.1) is 0 Å². The smallest absolute Gasteiger partial charge is 0.222 e. The zero-order valence-electron chi connectivity index (χ0n) is 11.3. The van der Waals surface area contributed by atoms with Gasteiger partial charge in [0.1, 0.15) is 0 Å². The molecule has 1 aliphatic heterocycles. The second-order valence-corrected chi connectivity index (χ2v) is 5.95. The van der Waals surface area contributed by atoms with Gasteiger partial charge in [0.25, 0.3) is 0 Å². The van der Waals surface area contributed by atoms with Gasteiger partial charge in [-0.2, -0.15) is 0 Å². The Hall–Kier alpha value is -0.570. The lowest BCUT2D eigenvalue weighted by Gasteiger charge is -2.37. The SMILES string of the molecule is CN(C)CCCC(=O)N1CCC(C)(C)CC1. The van der Waals surface area contributed by atoms with Crippen LogP contribution in [0.1, 0.15) is 39.5 Å². The summed E-state index contributed by atoms with van der Waals surface area (Å²) in [5.41, 5.74) is 0.431. The maximum atomic E-state index is 11.9. The van der Waals surface area contributed by atoms with E-state index in [9.17, 15) is 4.79 Å². The van der Waals surface area contributed by atoms with Crippen LogP contribution in [-0.4, -0.2) is 49.4 Å². The third-order valence-corrected chi connectivity index (χ3v) is 3.47. The van der Waals surface area contributed by atoms with E-state index in [4.69, 9.17) is 0 Å². The Morgan fingerprint density at radius 2 is 1.81 bits per heavy atom. The van der Waals surface area contributed by atoms with Gasteiger partial charge < -0.3 is 9.80 Å². The highest BCUT2D eigenvalue weighted by Crippen LogP contribution is 2.29. The van der Waals surface area contributed by atoms with Crippen molar-refractivity contribution >= 4 is 5.91 Å². The molecule has 1 rings (SSSR count). The maximum Gasteiger partial charge on any atom is 0.222 e. The molecule has 1 saturated heterocycles. The molecule has 1 aliphatic rings. The lowest BCUT2D eigenvalue weighted by atomic mass is 9.82. The third-order valence-electron chi connectivity index (χ3n) is 3.47. The summed E-state index contributed by atoms with van der Waals surface area (Å²) in [7, 11) is 4.10. The van der Waals surface area contributed by atoms with Crippen LogP contribution >= 0.6 is 0 Å². The Bertz CT molecular complexity index is 226. The van der Waals surface area contributed by atoms with Crippen molar-refractivity contribution in [3.8, 4) is 0 Å². The van der Waals surface area contributed by atoms with Crippen LogP contribution < -0.4 is 0 Å². The molecular formula is C13H26N2O. The molecule has 0 saturated carbocycles. The first kappa shape index (κ1) is 13.5. The molecule has 0 aromatic rings. The molecule has 0 aromatic heterocycles. The average molecular weight is 226 g/mol. The lowest BCUT2D eigenvalue weighted by Crippen LogP contribution is -2.41. The molecule has 3 heteroatoms. The van der Waals surface area contributed by atoms with E-state index in [1.165, 1.54) is 0 Å². The van der Waals surface area contributed by atoms with Gasteiger partial charge >= 0.3 is 0 Å². The van der Waals surface area contributed by atoms with Crippen LogP contribution in [0.3, 0.4) is 0 Å². The van der Waals surface area contributed by atoms with Gasteiger partial charge in [0.15, 0.2) is 0 Å². The van der Waals surface area contributed by atoms with Crippen molar-refractivity contribution < 1.29 is 4.79 Å². The molecule has 1 amide bonds. The summed E-state index contributed by atoms with van der Waals surface area (Å²) in [5.74, 6) is 0.345. The summed E-state index contributed by atoms with van der Waals surface area (Å²) < 4.78 is 0. The highest BCUT2D eigenvalue weighted by atomic mass is 16.2. The fourth-order valence-corrected chi connectivity index (χ4v) is 2.07. The second kappa shape index (κ2) is 5.67. The van der Waals surface area contributed by atoms with E-state index in [0.29, 0.717) is 17.7 Å². The number of carbonyl (C=O) groups excluding carboxylic acids is 1. The highest BCUT2D eigenvalue weighted by Gasteiger charge is 2.27. The summed E-state index contributed by atoms with van der Waals surface area (Å²) in [6, 6.07) is 0. The van der Waals surface area contributed by atoms with Crippen LogP contribution in [0.2, 0.25) is 0 Å².